The van der Waals surface area contributed by atoms with Gasteiger partial charge in [0.2, 0.25) is 0 Å². The molecule has 1 aromatic heterocycles. The SMILES string of the molecule is O=C(Nc1c(C(=O)O)ccnc1Br)OCc1ccccc1. The molecule has 0 aliphatic heterocycles. The fraction of sp³-hybridized carbons (Fsp3) is 0.0714. The second-order valence-electron chi connectivity index (χ2n) is 4.02. The molecule has 0 fully saturated rings. The third kappa shape index (κ3) is 4.03. The van der Waals surface area contributed by atoms with Crippen LogP contribution in [-0.2, 0) is 11.3 Å². The lowest BCUT2D eigenvalue weighted by atomic mass is 10.2. The summed E-state index contributed by atoms with van der Waals surface area (Å²) in [4.78, 5) is 26.7. The number of carbonyl (C=O) groups is 2. The van der Waals surface area contributed by atoms with Crippen LogP contribution in [0.1, 0.15) is 15.9 Å². The summed E-state index contributed by atoms with van der Waals surface area (Å²) >= 11 is 3.10. The highest BCUT2D eigenvalue weighted by Crippen LogP contribution is 2.24. The van der Waals surface area contributed by atoms with Gasteiger partial charge in [-0.25, -0.2) is 14.6 Å². The number of hydrogen-bond donors (Lipinski definition) is 2. The largest absolute Gasteiger partial charge is 0.478 e. The van der Waals surface area contributed by atoms with Crippen molar-refractivity contribution >= 4 is 33.7 Å². The zero-order valence-electron chi connectivity index (χ0n) is 10.7. The van der Waals surface area contributed by atoms with E-state index in [0.29, 0.717) is 0 Å². The summed E-state index contributed by atoms with van der Waals surface area (Å²) in [5.74, 6) is -1.17. The molecule has 0 spiro atoms. The Labute approximate surface area is 128 Å². The standard InChI is InChI=1S/C14H11BrN2O4/c15-12-11(10(13(18)19)6-7-16-12)17-14(20)21-8-9-4-2-1-3-5-9/h1-7H,8H2,(H,17,20)(H,18,19). The molecule has 0 radical (unpaired) electrons. The molecular weight excluding hydrogens is 340 g/mol. The minimum absolute atomic E-state index is 0.0584. The lowest BCUT2D eigenvalue weighted by Crippen LogP contribution is -2.17. The summed E-state index contributed by atoms with van der Waals surface area (Å²) in [6, 6.07) is 10.4. The van der Waals surface area contributed by atoms with Crippen LogP contribution >= 0.6 is 15.9 Å². The predicted molar refractivity (Wildman–Crippen MR) is 79.1 cm³/mol. The first-order valence-electron chi connectivity index (χ1n) is 5.93. The average molecular weight is 351 g/mol. The van der Waals surface area contributed by atoms with Crippen molar-refractivity contribution < 1.29 is 19.4 Å². The Morgan fingerprint density at radius 1 is 1.24 bits per heavy atom. The summed E-state index contributed by atoms with van der Waals surface area (Å²) in [7, 11) is 0. The summed E-state index contributed by atoms with van der Waals surface area (Å²) in [6.07, 6.45) is 0.573. The fourth-order valence-electron chi connectivity index (χ4n) is 1.59. The Kier molecular flexibility index (Phi) is 4.89. The number of benzene rings is 1. The summed E-state index contributed by atoms with van der Waals surface area (Å²) in [5.41, 5.74) is 0.813. The molecule has 0 aliphatic carbocycles. The minimum Gasteiger partial charge on any atom is -0.478 e. The van der Waals surface area contributed by atoms with Crippen molar-refractivity contribution in [1.29, 1.82) is 0 Å². The number of carbonyl (C=O) groups excluding carboxylic acids is 1. The Balaban J connectivity index is 2.05. The Morgan fingerprint density at radius 2 is 1.95 bits per heavy atom. The number of carboxylic acid groups (broad SMARTS) is 1. The van der Waals surface area contributed by atoms with Gasteiger partial charge in [0.25, 0.3) is 0 Å². The number of amides is 1. The maximum absolute atomic E-state index is 11.7. The van der Waals surface area contributed by atoms with Gasteiger partial charge in [-0.15, -0.1) is 0 Å². The maximum atomic E-state index is 11.7. The van der Waals surface area contributed by atoms with Gasteiger partial charge in [0, 0.05) is 6.20 Å². The number of nitrogens with zero attached hydrogens (tertiary/aromatic N) is 1. The zero-order chi connectivity index (χ0) is 15.2. The lowest BCUT2D eigenvalue weighted by molar-refractivity contribution is 0.0698. The first-order chi connectivity index (χ1) is 10.1. The molecule has 2 N–H and O–H groups in total. The molecule has 1 heterocycles. The Hall–Kier alpha value is -2.41. The molecule has 0 saturated carbocycles. The van der Waals surface area contributed by atoms with Crippen LogP contribution in [-0.4, -0.2) is 22.2 Å². The fourth-order valence-corrected chi connectivity index (χ4v) is 2.03. The Morgan fingerprint density at radius 3 is 2.62 bits per heavy atom. The first-order valence-corrected chi connectivity index (χ1v) is 6.72. The molecule has 7 heteroatoms. The van der Waals surface area contributed by atoms with Crippen molar-refractivity contribution in [2.45, 2.75) is 6.61 Å². The van der Waals surface area contributed by atoms with Crippen molar-refractivity contribution in [2.75, 3.05) is 5.32 Å². The van der Waals surface area contributed by atoms with E-state index in [-0.39, 0.29) is 22.5 Å². The average Bonchev–Trinajstić information content (AvgIpc) is 2.48. The number of hydrogen-bond acceptors (Lipinski definition) is 4. The second kappa shape index (κ2) is 6.85. The maximum Gasteiger partial charge on any atom is 0.412 e. The molecule has 1 aromatic carbocycles. The van der Waals surface area contributed by atoms with E-state index in [9.17, 15) is 9.59 Å². The molecule has 2 rings (SSSR count). The highest BCUT2D eigenvalue weighted by molar-refractivity contribution is 9.10. The van der Waals surface area contributed by atoms with E-state index < -0.39 is 12.1 Å². The summed E-state index contributed by atoms with van der Waals surface area (Å²) in [6.45, 7) is 0.0902. The number of pyridine rings is 1. The van der Waals surface area contributed by atoms with Crippen LogP contribution in [0.2, 0.25) is 0 Å². The van der Waals surface area contributed by atoms with Gasteiger partial charge in [-0.2, -0.15) is 0 Å². The number of nitrogens with one attached hydrogen (secondary N) is 1. The van der Waals surface area contributed by atoms with E-state index in [1.807, 2.05) is 30.3 Å². The van der Waals surface area contributed by atoms with Crippen LogP contribution in [0.25, 0.3) is 0 Å². The molecule has 0 bridgehead atoms. The van der Waals surface area contributed by atoms with Crippen LogP contribution in [0.15, 0.2) is 47.2 Å². The topological polar surface area (TPSA) is 88.5 Å². The highest BCUT2D eigenvalue weighted by Gasteiger charge is 2.16. The Bertz CT molecular complexity index is 661. The van der Waals surface area contributed by atoms with Crippen LogP contribution in [0, 0.1) is 0 Å². The van der Waals surface area contributed by atoms with Crippen molar-refractivity contribution in [3.8, 4) is 0 Å². The summed E-state index contributed by atoms with van der Waals surface area (Å²) in [5, 5.41) is 11.4. The molecule has 0 saturated heterocycles. The normalized spacial score (nSPS) is 9.95. The summed E-state index contributed by atoms with van der Waals surface area (Å²) < 4.78 is 5.25. The number of ether oxygens (including phenoxy) is 1. The first kappa shape index (κ1) is 15.0. The number of aromatic nitrogens is 1. The number of carboxylic acids is 1. The van der Waals surface area contributed by atoms with Gasteiger partial charge < -0.3 is 9.84 Å². The number of anilines is 1. The molecule has 6 nitrogen and oxygen atoms in total. The second-order valence-corrected chi connectivity index (χ2v) is 4.77. The lowest BCUT2D eigenvalue weighted by Gasteiger charge is -2.10. The van der Waals surface area contributed by atoms with Crippen LogP contribution in [0.3, 0.4) is 0 Å². The van der Waals surface area contributed by atoms with E-state index in [2.05, 4.69) is 26.2 Å². The molecule has 1 amide bonds. The molecule has 2 aromatic rings. The third-order valence-electron chi connectivity index (χ3n) is 2.57. The highest BCUT2D eigenvalue weighted by atomic mass is 79.9. The monoisotopic (exact) mass is 350 g/mol. The number of aromatic carboxylic acids is 1. The zero-order valence-corrected chi connectivity index (χ0v) is 12.3. The van der Waals surface area contributed by atoms with E-state index in [0.717, 1.165) is 5.56 Å². The van der Waals surface area contributed by atoms with E-state index >= 15 is 0 Å². The minimum atomic E-state index is -1.17. The molecule has 21 heavy (non-hydrogen) atoms. The van der Waals surface area contributed by atoms with E-state index in [4.69, 9.17) is 9.84 Å². The van der Waals surface area contributed by atoms with Crippen molar-refractivity contribution in [2.24, 2.45) is 0 Å². The number of rotatable bonds is 4. The molecule has 0 atom stereocenters. The van der Waals surface area contributed by atoms with Gasteiger partial charge in [0.05, 0.1) is 11.3 Å². The molecule has 0 aliphatic rings. The van der Waals surface area contributed by atoms with Crippen molar-refractivity contribution in [3.63, 3.8) is 0 Å². The van der Waals surface area contributed by atoms with Crippen molar-refractivity contribution in [1.82, 2.24) is 4.98 Å². The molecule has 0 unspecified atom stereocenters. The van der Waals surface area contributed by atoms with Gasteiger partial charge in [-0.1, -0.05) is 30.3 Å². The van der Waals surface area contributed by atoms with Crippen LogP contribution in [0.5, 0.6) is 0 Å². The molecule has 108 valence electrons. The van der Waals surface area contributed by atoms with Gasteiger partial charge in [0.15, 0.2) is 0 Å². The van der Waals surface area contributed by atoms with E-state index in [1.54, 1.807) is 0 Å². The molecular formula is C14H11BrN2O4. The van der Waals surface area contributed by atoms with Gasteiger partial charge in [-0.05, 0) is 27.6 Å². The van der Waals surface area contributed by atoms with Crippen LogP contribution < -0.4 is 5.32 Å². The van der Waals surface area contributed by atoms with Gasteiger partial charge in [-0.3, -0.25) is 5.32 Å². The van der Waals surface area contributed by atoms with Crippen molar-refractivity contribution in [3.05, 3.63) is 58.3 Å². The third-order valence-corrected chi connectivity index (χ3v) is 3.18. The smallest absolute Gasteiger partial charge is 0.412 e. The van der Waals surface area contributed by atoms with Gasteiger partial charge >= 0.3 is 12.1 Å². The predicted octanol–water partition coefficient (Wildman–Crippen LogP) is 3.29. The van der Waals surface area contributed by atoms with Gasteiger partial charge in [0.1, 0.15) is 11.2 Å². The van der Waals surface area contributed by atoms with Crippen LogP contribution in [0.4, 0.5) is 10.5 Å². The quantitative estimate of drug-likeness (QED) is 0.826. The number of halogens is 1. The van der Waals surface area contributed by atoms with E-state index in [1.165, 1.54) is 12.3 Å².